The summed E-state index contributed by atoms with van der Waals surface area (Å²) in [5.74, 6) is 0.658. The van der Waals surface area contributed by atoms with Gasteiger partial charge in [-0.2, -0.15) is 0 Å². The molecule has 1 aromatic heterocycles. The van der Waals surface area contributed by atoms with Crippen LogP contribution in [0.15, 0.2) is 6.20 Å². The van der Waals surface area contributed by atoms with E-state index >= 15 is 0 Å². The van der Waals surface area contributed by atoms with Crippen molar-refractivity contribution < 1.29 is 4.74 Å². The lowest BCUT2D eigenvalue weighted by molar-refractivity contribution is 0.178. The number of hydrogen-bond donors (Lipinski definition) is 1. The van der Waals surface area contributed by atoms with Gasteiger partial charge in [0.05, 0.1) is 17.9 Å². The Kier molecular flexibility index (Phi) is 6.15. The molecule has 0 aromatic carbocycles. The topological polar surface area (TPSA) is 52.0 Å². The zero-order chi connectivity index (χ0) is 12.7. The number of nitrogens with zero attached hydrogens (tertiary/aromatic N) is 3. The minimum atomic E-state index is 0.335. The van der Waals surface area contributed by atoms with Gasteiger partial charge in [0.25, 0.3) is 0 Å². The summed E-state index contributed by atoms with van der Waals surface area (Å²) in [5.41, 5.74) is 0.995. The molecule has 0 saturated carbocycles. The third kappa shape index (κ3) is 5.28. The molecule has 17 heavy (non-hydrogen) atoms. The summed E-state index contributed by atoms with van der Waals surface area (Å²) in [6, 6.07) is 0.335. The number of hydrogen-bond acceptors (Lipinski definition) is 4. The van der Waals surface area contributed by atoms with Crippen LogP contribution in [0.5, 0.6) is 0 Å². The van der Waals surface area contributed by atoms with Crippen LogP contribution in [-0.2, 0) is 11.3 Å². The van der Waals surface area contributed by atoms with Crippen LogP contribution >= 0.6 is 0 Å². The molecule has 0 spiro atoms. The first kappa shape index (κ1) is 14.1. The maximum atomic E-state index is 5.06. The standard InChI is InChI=1S/C12H24N4O/c1-10(2)7-13-8-12-9-16(15-14-12)11(3)5-6-17-4/h9-11,13H,5-8H2,1-4H3. The molecule has 1 rings (SSSR count). The maximum Gasteiger partial charge on any atom is 0.0964 e. The lowest BCUT2D eigenvalue weighted by Crippen LogP contribution is -2.19. The molecule has 0 aliphatic carbocycles. The van der Waals surface area contributed by atoms with Crippen LogP contribution in [0.1, 0.15) is 38.9 Å². The first-order chi connectivity index (χ1) is 8.13. The number of methoxy groups -OCH3 is 1. The van der Waals surface area contributed by atoms with Gasteiger partial charge in [-0.05, 0) is 25.8 Å². The highest BCUT2D eigenvalue weighted by atomic mass is 16.5. The van der Waals surface area contributed by atoms with Crippen molar-refractivity contribution in [2.75, 3.05) is 20.3 Å². The molecule has 5 heteroatoms. The average Bonchev–Trinajstić information content (AvgIpc) is 2.74. The monoisotopic (exact) mass is 240 g/mol. The third-order valence-corrected chi connectivity index (χ3v) is 2.61. The van der Waals surface area contributed by atoms with E-state index in [1.54, 1.807) is 7.11 Å². The van der Waals surface area contributed by atoms with Crippen molar-refractivity contribution in [3.8, 4) is 0 Å². The van der Waals surface area contributed by atoms with Crippen molar-refractivity contribution in [1.29, 1.82) is 0 Å². The average molecular weight is 240 g/mol. The van der Waals surface area contributed by atoms with E-state index in [1.807, 2.05) is 10.9 Å². The maximum absolute atomic E-state index is 5.06. The Morgan fingerprint density at radius 3 is 2.82 bits per heavy atom. The number of ether oxygens (including phenoxy) is 1. The van der Waals surface area contributed by atoms with Crippen LogP contribution < -0.4 is 5.32 Å². The van der Waals surface area contributed by atoms with Gasteiger partial charge in [-0.25, -0.2) is 4.68 Å². The van der Waals surface area contributed by atoms with E-state index in [0.717, 1.165) is 31.8 Å². The lowest BCUT2D eigenvalue weighted by Gasteiger charge is -2.09. The molecule has 1 atom stereocenters. The second kappa shape index (κ2) is 7.40. The molecular formula is C12H24N4O. The fraction of sp³-hybridized carbons (Fsp3) is 0.833. The van der Waals surface area contributed by atoms with Crippen molar-refractivity contribution in [3.63, 3.8) is 0 Å². The molecule has 1 N–H and O–H groups in total. The van der Waals surface area contributed by atoms with Gasteiger partial charge in [0.2, 0.25) is 0 Å². The minimum Gasteiger partial charge on any atom is -0.385 e. The number of nitrogens with one attached hydrogen (secondary N) is 1. The van der Waals surface area contributed by atoms with Crippen molar-refractivity contribution in [2.45, 2.75) is 39.8 Å². The third-order valence-electron chi connectivity index (χ3n) is 2.61. The Hall–Kier alpha value is -0.940. The molecule has 1 heterocycles. The van der Waals surface area contributed by atoms with Crippen LogP contribution in [0.3, 0.4) is 0 Å². The Bertz CT molecular complexity index is 311. The van der Waals surface area contributed by atoms with Gasteiger partial charge in [0.15, 0.2) is 0 Å². The van der Waals surface area contributed by atoms with Crippen LogP contribution in [-0.4, -0.2) is 35.3 Å². The Morgan fingerprint density at radius 1 is 1.41 bits per heavy atom. The summed E-state index contributed by atoms with van der Waals surface area (Å²) in [4.78, 5) is 0. The van der Waals surface area contributed by atoms with Gasteiger partial charge < -0.3 is 10.1 Å². The zero-order valence-electron chi connectivity index (χ0n) is 11.3. The van der Waals surface area contributed by atoms with Crippen LogP contribution in [0, 0.1) is 5.92 Å². The quantitative estimate of drug-likeness (QED) is 0.750. The second-order valence-corrected chi connectivity index (χ2v) is 4.85. The van der Waals surface area contributed by atoms with Crippen LogP contribution in [0.25, 0.3) is 0 Å². The highest BCUT2D eigenvalue weighted by Gasteiger charge is 2.07. The fourth-order valence-corrected chi connectivity index (χ4v) is 1.52. The van der Waals surface area contributed by atoms with Gasteiger partial charge in [-0.1, -0.05) is 19.1 Å². The highest BCUT2D eigenvalue weighted by molar-refractivity contribution is 4.92. The van der Waals surface area contributed by atoms with Gasteiger partial charge in [-0.3, -0.25) is 0 Å². The van der Waals surface area contributed by atoms with E-state index in [1.165, 1.54) is 0 Å². The summed E-state index contributed by atoms with van der Waals surface area (Å²) in [6.07, 6.45) is 2.96. The normalized spacial score (nSPS) is 13.2. The molecule has 0 aliphatic heterocycles. The SMILES string of the molecule is COCCC(C)n1cc(CNCC(C)C)nn1. The van der Waals surface area contributed by atoms with Crippen LogP contribution in [0.2, 0.25) is 0 Å². The molecule has 1 unspecified atom stereocenters. The molecule has 0 saturated heterocycles. The first-order valence-corrected chi connectivity index (χ1v) is 6.23. The first-order valence-electron chi connectivity index (χ1n) is 6.23. The largest absolute Gasteiger partial charge is 0.385 e. The molecule has 0 amide bonds. The minimum absolute atomic E-state index is 0.335. The summed E-state index contributed by atoms with van der Waals surface area (Å²) >= 11 is 0. The predicted molar refractivity (Wildman–Crippen MR) is 67.8 cm³/mol. The van der Waals surface area contributed by atoms with E-state index in [9.17, 15) is 0 Å². The molecule has 1 aromatic rings. The molecule has 5 nitrogen and oxygen atoms in total. The van der Waals surface area contributed by atoms with E-state index < -0.39 is 0 Å². The molecule has 0 radical (unpaired) electrons. The van der Waals surface area contributed by atoms with E-state index in [-0.39, 0.29) is 0 Å². The molecule has 0 aliphatic rings. The molecule has 0 bridgehead atoms. The fourth-order valence-electron chi connectivity index (χ4n) is 1.52. The summed E-state index contributed by atoms with van der Waals surface area (Å²) in [5, 5.41) is 11.6. The van der Waals surface area contributed by atoms with Gasteiger partial charge >= 0.3 is 0 Å². The Morgan fingerprint density at radius 2 is 2.18 bits per heavy atom. The van der Waals surface area contributed by atoms with Crippen molar-refractivity contribution in [2.24, 2.45) is 5.92 Å². The summed E-state index contributed by atoms with van der Waals surface area (Å²) < 4.78 is 6.97. The summed E-state index contributed by atoms with van der Waals surface area (Å²) in [7, 11) is 1.72. The van der Waals surface area contributed by atoms with Gasteiger partial charge in [-0.15, -0.1) is 5.10 Å². The summed E-state index contributed by atoms with van der Waals surface area (Å²) in [6.45, 7) is 9.05. The van der Waals surface area contributed by atoms with Crippen molar-refractivity contribution in [3.05, 3.63) is 11.9 Å². The predicted octanol–water partition coefficient (Wildman–Crippen LogP) is 1.62. The number of rotatable bonds is 8. The smallest absolute Gasteiger partial charge is 0.0964 e. The molecular weight excluding hydrogens is 216 g/mol. The Balaban J connectivity index is 2.36. The second-order valence-electron chi connectivity index (χ2n) is 4.85. The van der Waals surface area contributed by atoms with Gasteiger partial charge in [0, 0.05) is 20.3 Å². The van der Waals surface area contributed by atoms with E-state index in [0.29, 0.717) is 12.0 Å². The lowest BCUT2D eigenvalue weighted by atomic mass is 10.2. The van der Waals surface area contributed by atoms with Gasteiger partial charge in [0.1, 0.15) is 0 Å². The number of aromatic nitrogens is 3. The van der Waals surface area contributed by atoms with E-state index in [4.69, 9.17) is 4.74 Å². The highest BCUT2D eigenvalue weighted by Crippen LogP contribution is 2.09. The zero-order valence-corrected chi connectivity index (χ0v) is 11.3. The Labute approximate surface area is 104 Å². The van der Waals surface area contributed by atoms with Crippen molar-refractivity contribution >= 4 is 0 Å². The van der Waals surface area contributed by atoms with Crippen molar-refractivity contribution in [1.82, 2.24) is 20.3 Å². The molecule has 98 valence electrons. The van der Waals surface area contributed by atoms with Crippen LogP contribution in [0.4, 0.5) is 0 Å². The molecule has 0 fully saturated rings. The van der Waals surface area contributed by atoms with E-state index in [2.05, 4.69) is 36.4 Å².